The monoisotopic (exact) mass is 458 g/mol. The van der Waals surface area contributed by atoms with Crippen LogP contribution in [-0.2, 0) is 17.9 Å². The molecular formula is C28H34N4O2. The molecule has 2 heterocycles. The Bertz CT molecular complexity index is 1250. The Morgan fingerprint density at radius 3 is 2.65 bits per heavy atom. The molecule has 34 heavy (non-hydrogen) atoms. The molecule has 6 nitrogen and oxygen atoms in total. The maximum Gasteiger partial charge on any atom is 0.291 e. The molecule has 6 heteroatoms. The minimum atomic E-state index is -1.03. The van der Waals surface area contributed by atoms with Crippen LogP contribution in [-0.4, -0.2) is 37.8 Å². The molecule has 0 saturated heterocycles. The molecule has 0 bridgehead atoms. The fourth-order valence-corrected chi connectivity index (χ4v) is 5.64. The van der Waals surface area contributed by atoms with Crippen molar-refractivity contribution in [1.29, 1.82) is 0 Å². The number of aromatic nitrogens is 2. The number of carbonyl (C=O) groups is 2. The second kappa shape index (κ2) is 8.57. The highest BCUT2D eigenvalue weighted by molar-refractivity contribution is 6.01. The molecule has 0 spiro atoms. The van der Waals surface area contributed by atoms with Gasteiger partial charge in [0.2, 0.25) is 5.91 Å². The Morgan fingerprint density at radius 1 is 1.12 bits per heavy atom. The van der Waals surface area contributed by atoms with Crippen molar-refractivity contribution in [3.63, 3.8) is 0 Å². The van der Waals surface area contributed by atoms with E-state index in [1.165, 1.54) is 6.42 Å². The Kier molecular flexibility index (Phi) is 5.70. The number of para-hydroxylation sites is 2. The van der Waals surface area contributed by atoms with E-state index >= 15 is 0 Å². The molecule has 1 saturated carbocycles. The van der Waals surface area contributed by atoms with Crippen LogP contribution in [0.15, 0.2) is 48.5 Å². The zero-order valence-electron chi connectivity index (χ0n) is 20.5. The van der Waals surface area contributed by atoms with Gasteiger partial charge in [0.05, 0.1) is 17.6 Å². The summed E-state index contributed by atoms with van der Waals surface area (Å²) < 4.78 is 1.93. The average Bonchev–Trinajstić information content (AvgIpc) is 3.19. The third-order valence-corrected chi connectivity index (χ3v) is 8.25. The Morgan fingerprint density at radius 2 is 1.85 bits per heavy atom. The molecule has 1 fully saturated rings. The van der Waals surface area contributed by atoms with Crippen LogP contribution in [0.5, 0.6) is 0 Å². The normalized spacial score (nSPS) is 27.0. The molecule has 1 aliphatic heterocycles. The summed E-state index contributed by atoms with van der Waals surface area (Å²) in [6.45, 7) is 9.20. The van der Waals surface area contributed by atoms with Gasteiger partial charge < -0.3 is 14.8 Å². The summed E-state index contributed by atoms with van der Waals surface area (Å²) in [7, 11) is 0. The molecule has 4 unspecified atom stereocenters. The topological polar surface area (TPSA) is 67.2 Å². The first-order valence-electron chi connectivity index (χ1n) is 12.4. The van der Waals surface area contributed by atoms with E-state index in [0.717, 1.165) is 35.0 Å². The fraction of sp³-hybridized carbons (Fsp3) is 0.464. The predicted molar refractivity (Wildman–Crippen MR) is 133 cm³/mol. The lowest BCUT2D eigenvalue weighted by molar-refractivity contribution is -0.134. The van der Waals surface area contributed by atoms with E-state index in [1.807, 2.05) is 66.9 Å². The fourth-order valence-electron chi connectivity index (χ4n) is 5.64. The van der Waals surface area contributed by atoms with Crippen LogP contribution in [0.4, 0.5) is 0 Å². The summed E-state index contributed by atoms with van der Waals surface area (Å²) in [5.41, 5.74) is 2.78. The van der Waals surface area contributed by atoms with Crippen molar-refractivity contribution in [2.75, 3.05) is 0 Å². The number of fused-ring (bicyclic) bond motifs is 3. The number of amides is 2. The number of nitrogens with one attached hydrogen (secondary N) is 1. The first kappa shape index (κ1) is 22.6. The summed E-state index contributed by atoms with van der Waals surface area (Å²) >= 11 is 0. The molecule has 1 aromatic heterocycles. The molecule has 1 N–H and O–H groups in total. The SMILES string of the molecule is Cc1ccccc1CN1C(=O)c2nc3ccccc3n2CC1(C)C(=O)NC1CCCC(C)C1C. The minimum Gasteiger partial charge on any atom is -0.351 e. The van der Waals surface area contributed by atoms with Gasteiger partial charge in [-0.05, 0) is 55.4 Å². The minimum absolute atomic E-state index is 0.0798. The first-order valence-corrected chi connectivity index (χ1v) is 12.4. The van der Waals surface area contributed by atoms with Crippen molar-refractivity contribution in [3.05, 3.63) is 65.5 Å². The summed E-state index contributed by atoms with van der Waals surface area (Å²) in [4.78, 5) is 34.3. The smallest absolute Gasteiger partial charge is 0.291 e. The van der Waals surface area contributed by atoms with E-state index in [9.17, 15) is 9.59 Å². The number of nitrogens with zero attached hydrogens (tertiary/aromatic N) is 3. The van der Waals surface area contributed by atoms with Crippen LogP contribution in [0.25, 0.3) is 11.0 Å². The highest BCUT2D eigenvalue weighted by Crippen LogP contribution is 2.34. The van der Waals surface area contributed by atoms with Gasteiger partial charge in [0, 0.05) is 12.6 Å². The van der Waals surface area contributed by atoms with Crippen LogP contribution < -0.4 is 5.32 Å². The number of hydrogen-bond donors (Lipinski definition) is 1. The van der Waals surface area contributed by atoms with Gasteiger partial charge in [-0.1, -0.05) is 63.1 Å². The van der Waals surface area contributed by atoms with E-state index in [1.54, 1.807) is 4.90 Å². The predicted octanol–water partition coefficient (Wildman–Crippen LogP) is 4.70. The molecule has 4 atom stereocenters. The molecular weight excluding hydrogens is 424 g/mol. The van der Waals surface area contributed by atoms with Crippen molar-refractivity contribution >= 4 is 22.8 Å². The third-order valence-electron chi connectivity index (χ3n) is 8.25. The van der Waals surface area contributed by atoms with Gasteiger partial charge in [-0.15, -0.1) is 0 Å². The van der Waals surface area contributed by atoms with Crippen molar-refractivity contribution in [1.82, 2.24) is 19.8 Å². The molecule has 178 valence electrons. The standard InChI is InChI=1S/C28H34N4O2/c1-18-11-9-14-22(20(18)3)30-27(34)28(4)17-31-24-15-8-7-13-23(24)29-25(31)26(33)32(28)16-21-12-6-5-10-19(21)2/h5-8,10,12-13,15,18,20,22H,9,11,14,16-17H2,1-4H3,(H,30,34). The van der Waals surface area contributed by atoms with Crippen LogP contribution in [0, 0.1) is 18.8 Å². The zero-order valence-corrected chi connectivity index (χ0v) is 20.5. The highest BCUT2D eigenvalue weighted by Gasteiger charge is 2.49. The van der Waals surface area contributed by atoms with Crippen molar-refractivity contribution in [2.45, 2.75) is 71.6 Å². The number of aryl methyl sites for hydroxylation is 1. The molecule has 2 aliphatic rings. The van der Waals surface area contributed by atoms with E-state index < -0.39 is 5.54 Å². The maximum absolute atomic E-state index is 14.0. The van der Waals surface area contributed by atoms with Crippen LogP contribution in [0.3, 0.4) is 0 Å². The first-order chi connectivity index (χ1) is 16.3. The van der Waals surface area contributed by atoms with E-state index in [2.05, 4.69) is 24.1 Å². The van der Waals surface area contributed by atoms with Gasteiger partial charge in [0.15, 0.2) is 5.82 Å². The van der Waals surface area contributed by atoms with Gasteiger partial charge in [-0.25, -0.2) is 4.98 Å². The summed E-state index contributed by atoms with van der Waals surface area (Å²) in [6.07, 6.45) is 3.31. The van der Waals surface area contributed by atoms with Crippen LogP contribution in [0.2, 0.25) is 0 Å². The Balaban J connectivity index is 1.55. The lowest BCUT2D eigenvalue weighted by Gasteiger charge is -2.45. The summed E-state index contributed by atoms with van der Waals surface area (Å²) in [5, 5.41) is 3.36. The van der Waals surface area contributed by atoms with E-state index in [0.29, 0.717) is 30.7 Å². The number of imidazole rings is 1. The Labute approximate surface area is 201 Å². The molecule has 2 amide bonds. The molecule has 2 aromatic carbocycles. The Hall–Kier alpha value is -3.15. The number of rotatable bonds is 4. The van der Waals surface area contributed by atoms with Crippen molar-refractivity contribution in [2.24, 2.45) is 11.8 Å². The van der Waals surface area contributed by atoms with Gasteiger partial charge in [0.25, 0.3) is 5.91 Å². The van der Waals surface area contributed by atoms with Crippen molar-refractivity contribution in [3.8, 4) is 0 Å². The molecule has 0 radical (unpaired) electrons. The summed E-state index contributed by atoms with van der Waals surface area (Å²) in [6, 6.07) is 15.9. The number of carbonyl (C=O) groups excluding carboxylic acids is 2. The lowest BCUT2D eigenvalue weighted by atomic mass is 9.77. The van der Waals surface area contributed by atoms with Gasteiger partial charge in [-0.2, -0.15) is 0 Å². The van der Waals surface area contributed by atoms with E-state index in [-0.39, 0.29) is 17.9 Å². The van der Waals surface area contributed by atoms with Gasteiger partial charge >= 0.3 is 0 Å². The summed E-state index contributed by atoms with van der Waals surface area (Å²) in [5.74, 6) is 1.11. The second-order valence-corrected chi connectivity index (χ2v) is 10.4. The highest BCUT2D eigenvalue weighted by atomic mass is 16.2. The average molecular weight is 459 g/mol. The molecule has 5 rings (SSSR count). The molecule has 1 aliphatic carbocycles. The van der Waals surface area contributed by atoms with Crippen LogP contribution >= 0.6 is 0 Å². The van der Waals surface area contributed by atoms with E-state index in [4.69, 9.17) is 0 Å². The van der Waals surface area contributed by atoms with Gasteiger partial charge in [-0.3, -0.25) is 9.59 Å². The number of benzene rings is 2. The largest absolute Gasteiger partial charge is 0.351 e. The zero-order chi connectivity index (χ0) is 24.0. The molecule has 3 aromatic rings. The van der Waals surface area contributed by atoms with Crippen molar-refractivity contribution < 1.29 is 9.59 Å². The lowest BCUT2D eigenvalue weighted by Crippen LogP contribution is -2.65. The number of hydrogen-bond acceptors (Lipinski definition) is 3. The maximum atomic E-state index is 14.0. The third kappa shape index (κ3) is 3.69. The van der Waals surface area contributed by atoms with Gasteiger partial charge in [0.1, 0.15) is 5.54 Å². The van der Waals surface area contributed by atoms with Crippen LogP contribution in [0.1, 0.15) is 61.8 Å². The second-order valence-electron chi connectivity index (χ2n) is 10.4. The quantitative estimate of drug-likeness (QED) is 0.616.